The van der Waals surface area contributed by atoms with Gasteiger partial charge in [-0.25, -0.2) is 19.6 Å². The van der Waals surface area contributed by atoms with Crippen LogP contribution in [0.15, 0.2) is 67.4 Å². The molecule has 9 atom stereocenters. The van der Waals surface area contributed by atoms with Crippen LogP contribution in [-0.2, 0) is 28.5 Å². The van der Waals surface area contributed by atoms with Gasteiger partial charge in [-0.2, -0.15) is 0 Å². The zero-order valence-corrected chi connectivity index (χ0v) is 36.9. The smallest absolute Gasteiger partial charge is 0.407 e. The lowest BCUT2D eigenvalue weighted by Gasteiger charge is -2.36. The number of aromatic amines is 2. The van der Waals surface area contributed by atoms with Gasteiger partial charge in [0.1, 0.15) is 34.6 Å². The first-order valence-electron chi connectivity index (χ1n) is 22.3. The zero-order chi connectivity index (χ0) is 44.5. The monoisotopic (exact) mass is 894 g/mol. The second kappa shape index (κ2) is 18.8. The maximum absolute atomic E-state index is 14.3. The molecule has 1 aliphatic carbocycles. The predicted octanol–water partition coefficient (Wildman–Crippen LogP) is 6.97. The van der Waals surface area contributed by atoms with Crippen molar-refractivity contribution < 1.29 is 38.1 Å². The summed E-state index contributed by atoms with van der Waals surface area (Å²) in [5, 5.41) is 6.00. The summed E-state index contributed by atoms with van der Waals surface area (Å²) in [5.74, 6) is 0.991. The second-order valence-corrected chi connectivity index (χ2v) is 17.9. The van der Waals surface area contributed by atoms with Gasteiger partial charge in [0, 0.05) is 36.7 Å². The van der Waals surface area contributed by atoms with E-state index < -0.39 is 24.3 Å². The molecule has 64 heavy (non-hydrogen) atoms. The first-order valence-corrected chi connectivity index (χ1v) is 22.7. The molecule has 4 saturated heterocycles. The highest BCUT2D eigenvalue weighted by molar-refractivity contribution is 6.32. The number of alkyl carbamates (subject to hydrolysis) is 2. The summed E-state index contributed by atoms with van der Waals surface area (Å²) in [6, 6.07) is 13.9. The van der Waals surface area contributed by atoms with Crippen LogP contribution >= 0.6 is 11.6 Å². The molecular weight excluding hydrogens is 840 g/mol. The molecule has 338 valence electrons. The van der Waals surface area contributed by atoms with Crippen molar-refractivity contribution in [2.75, 3.05) is 40.6 Å². The highest BCUT2D eigenvalue weighted by atomic mass is 35.5. The second-order valence-electron chi connectivity index (χ2n) is 17.5. The lowest BCUT2D eigenvalue weighted by atomic mass is 9.92. The van der Waals surface area contributed by atoms with E-state index >= 15 is 0 Å². The summed E-state index contributed by atoms with van der Waals surface area (Å²) in [4.78, 5) is 73.5. The van der Waals surface area contributed by atoms with E-state index in [-0.39, 0.29) is 47.8 Å². The Morgan fingerprint density at radius 1 is 0.766 bits per heavy atom. The lowest BCUT2D eigenvalue weighted by molar-refractivity contribution is -0.139. The van der Waals surface area contributed by atoms with Gasteiger partial charge in [-0.3, -0.25) is 9.59 Å². The number of rotatable bonds is 12. The van der Waals surface area contributed by atoms with Crippen molar-refractivity contribution in [1.82, 2.24) is 40.4 Å². The third-order valence-electron chi connectivity index (χ3n) is 13.7. The number of hydrogen-bond acceptors (Lipinski definition) is 10. The maximum atomic E-state index is 14.3. The van der Waals surface area contributed by atoms with E-state index in [9.17, 15) is 19.2 Å². The minimum absolute atomic E-state index is 0.0916. The number of benzene rings is 2. The number of amides is 4. The number of nitrogens with zero attached hydrogens (tertiary/aromatic N) is 4. The van der Waals surface area contributed by atoms with Gasteiger partial charge in [0.05, 0.1) is 57.4 Å². The number of carbonyl (C=O) groups is 4. The largest absolute Gasteiger partial charge is 0.453 e. The minimum atomic E-state index is -0.800. The molecule has 2 aromatic carbocycles. The van der Waals surface area contributed by atoms with E-state index in [4.69, 9.17) is 40.5 Å². The topological polar surface area (TPSA) is 193 Å². The molecule has 6 heterocycles. The molecule has 16 nitrogen and oxygen atoms in total. The minimum Gasteiger partial charge on any atom is -0.453 e. The number of hydrogen-bond donors (Lipinski definition) is 4. The standard InChI is InChI=1S/C47H55ClN8O8/c1-4-33-17-18-35(55(33)44(57)39(52-46(59)61-2)30-7-5-19-63-24-30)42-49-23-34(50-42)28-13-9-26(10-14-28)27-11-15-29(16-12-27)38-41(48)54-43(51-38)37-22-32-21-36(32)56(37)45(58)40(53-47(60)62-3)31-8-6-20-64-25-31/h4,9-16,23,30-33,35-37,39-40H,1,5-8,17-22,24-25H2,2-3H3,(H,49,50)(H,51,54)(H,52,59)(H,53,60)/t30-,31?,32-,33-,35+,36-,37+,39+,40+/m1/s1. The molecule has 0 spiro atoms. The Morgan fingerprint density at radius 2 is 1.34 bits per heavy atom. The van der Waals surface area contributed by atoms with Crippen LogP contribution in [0.1, 0.15) is 75.1 Å². The van der Waals surface area contributed by atoms with Crippen LogP contribution in [0, 0.1) is 17.8 Å². The molecule has 5 fully saturated rings. The van der Waals surface area contributed by atoms with E-state index in [1.807, 2.05) is 41.3 Å². The Labute approximate surface area is 376 Å². The molecule has 0 bridgehead atoms. The Morgan fingerprint density at radius 3 is 1.91 bits per heavy atom. The van der Waals surface area contributed by atoms with E-state index in [0.29, 0.717) is 61.3 Å². The molecular formula is C47H55ClN8O8. The van der Waals surface area contributed by atoms with Gasteiger partial charge in [-0.1, -0.05) is 66.2 Å². The van der Waals surface area contributed by atoms with Crippen LogP contribution in [-0.4, -0.2) is 119 Å². The third kappa shape index (κ3) is 8.74. The molecule has 1 unspecified atom stereocenters. The third-order valence-corrected chi connectivity index (χ3v) is 14.0. The Balaban J connectivity index is 0.881. The Kier molecular flexibility index (Phi) is 12.8. The van der Waals surface area contributed by atoms with Crippen LogP contribution < -0.4 is 10.6 Å². The Bertz CT molecular complexity index is 2340. The van der Waals surface area contributed by atoms with Gasteiger partial charge in [-0.05, 0) is 74.0 Å². The summed E-state index contributed by atoms with van der Waals surface area (Å²) in [5.41, 5.74) is 5.21. The fourth-order valence-corrected chi connectivity index (χ4v) is 10.5. The van der Waals surface area contributed by atoms with Crippen molar-refractivity contribution in [2.45, 2.75) is 87.6 Å². The van der Waals surface area contributed by atoms with E-state index in [0.717, 1.165) is 72.9 Å². The number of H-pyrrole nitrogens is 2. The summed E-state index contributed by atoms with van der Waals surface area (Å²) >= 11 is 6.82. The van der Waals surface area contributed by atoms with Gasteiger partial charge >= 0.3 is 12.2 Å². The molecule has 4 aromatic rings. The van der Waals surface area contributed by atoms with Crippen molar-refractivity contribution in [3.8, 4) is 33.6 Å². The summed E-state index contributed by atoms with van der Waals surface area (Å²) in [6.45, 7) is 6.07. The molecule has 4 amide bonds. The predicted molar refractivity (Wildman–Crippen MR) is 237 cm³/mol. The van der Waals surface area contributed by atoms with Crippen LogP contribution in [0.5, 0.6) is 0 Å². The van der Waals surface area contributed by atoms with Crippen LogP contribution in [0.3, 0.4) is 0 Å². The molecule has 1 saturated carbocycles. The quantitative estimate of drug-likeness (QED) is 0.108. The van der Waals surface area contributed by atoms with E-state index in [1.54, 1.807) is 17.2 Å². The molecule has 2 aromatic heterocycles. The molecule has 17 heteroatoms. The number of carbonyl (C=O) groups excluding carboxylic acids is 4. The van der Waals surface area contributed by atoms with E-state index in [1.165, 1.54) is 14.2 Å². The highest BCUT2D eigenvalue weighted by Crippen LogP contribution is 2.54. The van der Waals surface area contributed by atoms with Crippen molar-refractivity contribution >= 4 is 35.6 Å². The number of piperidine rings is 1. The molecule has 4 aliphatic heterocycles. The highest BCUT2D eigenvalue weighted by Gasteiger charge is 2.57. The van der Waals surface area contributed by atoms with Gasteiger partial charge in [0.15, 0.2) is 0 Å². The fourth-order valence-electron chi connectivity index (χ4n) is 10.2. The van der Waals surface area contributed by atoms with Gasteiger partial charge in [0.2, 0.25) is 11.8 Å². The zero-order valence-electron chi connectivity index (χ0n) is 36.1. The summed E-state index contributed by atoms with van der Waals surface area (Å²) < 4.78 is 21.2. The van der Waals surface area contributed by atoms with Crippen LogP contribution in [0.4, 0.5) is 9.59 Å². The number of likely N-dealkylation sites (tertiary alicyclic amines) is 2. The van der Waals surface area contributed by atoms with Crippen molar-refractivity contribution in [3.05, 3.63) is 84.2 Å². The molecule has 4 N–H and O–H groups in total. The van der Waals surface area contributed by atoms with Gasteiger partial charge in [-0.15, -0.1) is 6.58 Å². The van der Waals surface area contributed by atoms with Crippen LogP contribution in [0.2, 0.25) is 5.15 Å². The lowest BCUT2D eigenvalue weighted by Crippen LogP contribution is -2.55. The number of imidazole rings is 2. The first kappa shape index (κ1) is 43.5. The van der Waals surface area contributed by atoms with E-state index in [2.05, 4.69) is 39.3 Å². The number of nitrogens with one attached hydrogen (secondary N) is 4. The Hall–Kier alpha value is -5.71. The number of aromatic nitrogens is 4. The first-order chi connectivity index (χ1) is 31.1. The molecule has 9 rings (SSSR count). The van der Waals surface area contributed by atoms with Gasteiger partial charge in [0.25, 0.3) is 0 Å². The maximum Gasteiger partial charge on any atom is 0.407 e. The summed E-state index contributed by atoms with van der Waals surface area (Å²) in [6.07, 6.45) is 8.54. The van der Waals surface area contributed by atoms with Crippen molar-refractivity contribution in [2.24, 2.45) is 17.8 Å². The number of methoxy groups -OCH3 is 2. The fraction of sp³-hybridized carbons (Fsp3) is 0.489. The number of fused-ring (bicyclic) bond motifs is 1. The number of halogens is 1. The van der Waals surface area contributed by atoms with Crippen molar-refractivity contribution in [1.29, 1.82) is 0 Å². The molecule has 5 aliphatic rings. The summed E-state index contributed by atoms with van der Waals surface area (Å²) in [7, 11) is 2.59. The van der Waals surface area contributed by atoms with Crippen molar-refractivity contribution in [3.63, 3.8) is 0 Å². The van der Waals surface area contributed by atoms with Gasteiger partial charge < -0.3 is 49.3 Å². The molecule has 0 radical (unpaired) electrons. The SMILES string of the molecule is C=C[C@@H]1CC[C@@H](c2ncc(-c3ccc(-c4ccc(-c5nc([C@@H]6C[C@H]7C[C@H]7N6C(=O)[C@@H](NC(=O)OC)C6CCCOC6)[nH]c5Cl)cc4)cc3)[nH]2)N1C(=O)[C@@H](NC(=O)OC)[C@@H]1CCCOC1. The number of ether oxygens (including phenoxy) is 4. The average Bonchev–Trinajstić information content (AvgIpc) is 3.77. The average molecular weight is 895 g/mol. The van der Waals surface area contributed by atoms with Crippen LogP contribution in [0.25, 0.3) is 33.6 Å². The normalized spacial score (nSPS) is 26.1.